The molecule has 50 valence electrons. The van der Waals surface area contributed by atoms with E-state index in [1.165, 1.54) is 0 Å². The van der Waals surface area contributed by atoms with E-state index in [1.54, 1.807) is 0 Å². The lowest BCUT2D eigenvalue weighted by Gasteiger charge is -1.75. The van der Waals surface area contributed by atoms with Crippen LogP contribution in [0.25, 0.3) is 0 Å². The third kappa shape index (κ3) is 0.800. The van der Waals surface area contributed by atoms with Crippen molar-refractivity contribution in [2.45, 2.75) is 6.92 Å². The van der Waals surface area contributed by atoms with E-state index in [2.05, 4.69) is 4.42 Å². The number of aryl methyl sites for hydroxylation is 1. The zero-order valence-corrected chi connectivity index (χ0v) is 4.54. The van der Waals surface area contributed by atoms with Crippen molar-refractivity contribution < 1.29 is 17.6 Å². The summed E-state index contributed by atoms with van der Waals surface area (Å²) >= 11 is 0. The van der Waals surface area contributed by atoms with Crippen molar-refractivity contribution >= 4 is 0 Å². The Morgan fingerprint density at radius 2 is 1.67 bits per heavy atom. The Kier molecular flexibility index (Phi) is 1.23. The van der Waals surface area contributed by atoms with Crippen molar-refractivity contribution in [1.29, 1.82) is 0 Å². The van der Waals surface area contributed by atoms with Gasteiger partial charge in [-0.15, -0.1) is 0 Å². The van der Waals surface area contributed by atoms with Crippen LogP contribution in [0.1, 0.15) is 5.76 Å². The number of hydrogen-bond donors (Lipinski definition) is 0. The first-order chi connectivity index (χ1) is 4.13. The van der Waals surface area contributed by atoms with Crippen molar-refractivity contribution in [2.75, 3.05) is 0 Å². The van der Waals surface area contributed by atoms with Crippen LogP contribution in [0.15, 0.2) is 4.42 Å². The van der Waals surface area contributed by atoms with Gasteiger partial charge in [0.1, 0.15) is 5.76 Å². The van der Waals surface area contributed by atoms with Crippen molar-refractivity contribution in [2.24, 2.45) is 0 Å². The molecule has 0 N–H and O–H groups in total. The number of rotatable bonds is 0. The smallest absolute Gasteiger partial charge is 0.317 e. The van der Waals surface area contributed by atoms with Gasteiger partial charge < -0.3 is 4.42 Å². The first-order valence-corrected chi connectivity index (χ1v) is 2.23. The maximum absolute atomic E-state index is 12.0. The van der Waals surface area contributed by atoms with Crippen LogP contribution in [0, 0.1) is 24.6 Å². The van der Waals surface area contributed by atoms with Crippen LogP contribution in [0.2, 0.25) is 0 Å². The quantitative estimate of drug-likeness (QED) is 0.531. The van der Waals surface area contributed by atoms with Crippen LogP contribution in [0.5, 0.6) is 0 Å². The highest BCUT2D eigenvalue weighted by molar-refractivity contribution is 5.03. The standard InChI is InChI=1S/C5H3F3O/c1-2-3(6)4(7)5(8)9-2/h1H3. The summed E-state index contributed by atoms with van der Waals surface area (Å²) in [5.41, 5.74) is 0. The Bertz CT molecular complexity index is 206. The van der Waals surface area contributed by atoms with E-state index < -0.39 is 17.6 Å². The Hall–Kier alpha value is -0.930. The number of hydrogen-bond acceptors (Lipinski definition) is 1. The van der Waals surface area contributed by atoms with E-state index in [0.717, 1.165) is 6.92 Å². The summed E-state index contributed by atoms with van der Waals surface area (Å²) in [6.07, 6.45) is 0. The van der Waals surface area contributed by atoms with E-state index in [9.17, 15) is 13.2 Å². The minimum absolute atomic E-state index is 0.370. The second kappa shape index (κ2) is 1.79. The molecular weight excluding hydrogens is 133 g/mol. The molecule has 0 fully saturated rings. The van der Waals surface area contributed by atoms with Gasteiger partial charge in [0.25, 0.3) is 0 Å². The Morgan fingerprint density at radius 1 is 1.11 bits per heavy atom. The largest absolute Gasteiger partial charge is 0.431 e. The van der Waals surface area contributed by atoms with Crippen LogP contribution in [-0.2, 0) is 0 Å². The van der Waals surface area contributed by atoms with Gasteiger partial charge in [0, 0.05) is 0 Å². The van der Waals surface area contributed by atoms with Gasteiger partial charge in [0.15, 0.2) is 0 Å². The fourth-order valence-electron chi connectivity index (χ4n) is 0.465. The lowest BCUT2D eigenvalue weighted by atomic mass is 10.5. The summed E-state index contributed by atoms with van der Waals surface area (Å²) in [7, 11) is 0. The molecule has 0 aliphatic rings. The van der Waals surface area contributed by atoms with Gasteiger partial charge in [-0.2, -0.15) is 13.2 Å². The van der Waals surface area contributed by atoms with Gasteiger partial charge in [-0.3, -0.25) is 0 Å². The topological polar surface area (TPSA) is 13.1 Å². The minimum atomic E-state index is -1.55. The Morgan fingerprint density at radius 3 is 1.78 bits per heavy atom. The monoisotopic (exact) mass is 136 g/mol. The zero-order chi connectivity index (χ0) is 7.02. The van der Waals surface area contributed by atoms with Gasteiger partial charge in [-0.25, -0.2) is 0 Å². The molecular formula is C5H3F3O. The predicted molar refractivity (Wildman–Crippen MR) is 23.3 cm³/mol. The van der Waals surface area contributed by atoms with Crippen molar-refractivity contribution in [3.05, 3.63) is 23.4 Å². The highest BCUT2D eigenvalue weighted by Crippen LogP contribution is 2.16. The van der Waals surface area contributed by atoms with E-state index in [-0.39, 0.29) is 5.76 Å². The molecule has 0 amide bonds. The summed E-state index contributed by atoms with van der Waals surface area (Å²) in [6, 6.07) is -1.50. The third-order valence-corrected chi connectivity index (χ3v) is 0.917. The molecule has 0 aromatic carbocycles. The van der Waals surface area contributed by atoms with Crippen LogP contribution in [-0.4, -0.2) is 0 Å². The fraction of sp³-hybridized carbons (Fsp3) is 0.200. The Balaban J connectivity index is 3.29. The molecule has 1 rings (SSSR count). The molecule has 0 saturated carbocycles. The lowest BCUT2D eigenvalue weighted by Crippen LogP contribution is -1.77. The maximum atomic E-state index is 12.0. The maximum Gasteiger partial charge on any atom is 0.317 e. The molecule has 0 radical (unpaired) electrons. The van der Waals surface area contributed by atoms with Crippen LogP contribution < -0.4 is 0 Å². The summed E-state index contributed by atoms with van der Waals surface area (Å²) in [5.74, 6) is -3.18. The molecule has 9 heavy (non-hydrogen) atoms. The van der Waals surface area contributed by atoms with Gasteiger partial charge in [-0.1, -0.05) is 0 Å². The van der Waals surface area contributed by atoms with Crippen LogP contribution >= 0.6 is 0 Å². The summed E-state index contributed by atoms with van der Waals surface area (Å²) in [4.78, 5) is 0. The molecule has 1 aromatic rings. The van der Waals surface area contributed by atoms with Crippen molar-refractivity contribution in [3.8, 4) is 0 Å². The summed E-state index contributed by atoms with van der Waals surface area (Å²) in [6.45, 7) is 1.14. The molecule has 4 heteroatoms. The average Bonchev–Trinajstić information content (AvgIpc) is 1.98. The molecule has 0 atom stereocenters. The van der Waals surface area contributed by atoms with Gasteiger partial charge in [0.05, 0.1) is 0 Å². The zero-order valence-electron chi connectivity index (χ0n) is 4.54. The predicted octanol–water partition coefficient (Wildman–Crippen LogP) is 2.01. The highest BCUT2D eigenvalue weighted by Gasteiger charge is 2.16. The fourth-order valence-corrected chi connectivity index (χ4v) is 0.465. The second-order valence-electron chi connectivity index (χ2n) is 1.56. The number of furan rings is 1. The van der Waals surface area contributed by atoms with Crippen molar-refractivity contribution in [3.63, 3.8) is 0 Å². The third-order valence-electron chi connectivity index (χ3n) is 0.917. The molecule has 1 aromatic heterocycles. The van der Waals surface area contributed by atoms with E-state index in [1.807, 2.05) is 0 Å². The molecule has 0 spiro atoms. The van der Waals surface area contributed by atoms with E-state index in [0.29, 0.717) is 0 Å². The second-order valence-corrected chi connectivity index (χ2v) is 1.56. The van der Waals surface area contributed by atoms with E-state index >= 15 is 0 Å². The lowest BCUT2D eigenvalue weighted by molar-refractivity contribution is 0.316. The molecule has 0 aliphatic carbocycles. The van der Waals surface area contributed by atoms with Gasteiger partial charge in [-0.05, 0) is 6.92 Å². The first-order valence-electron chi connectivity index (χ1n) is 2.23. The molecule has 1 heterocycles. The van der Waals surface area contributed by atoms with Gasteiger partial charge >= 0.3 is 6.01 Å². The molecule has 0 unspecified atom stereocenters. The molecule has 0 bridgehead atoms. The minimum Gasteiger partial charge on any atom is -0.431 e. The van der Waals surface area contributed by atoms with Crippen LogP contribution in [0.4, 0.5) is 13.2 Å². The normalized spacial score (nSPS) is 10.2. The average molecular weight is 136 g/mol. The molecule has 0 aliphatic heterocycles. The SMILES string of the molecule is Cc1oc(F)c(F)c1F. The molecule has 0 saturated heterocycles. The summed E-state index contributed by atoms with van der Waals surface area (Å²) in [5, 5.41) is 0. The Labute approximate surface area is 49.1 Å². The number of halogens is 3. The molecule has 1 nitrogen and oxygen atoms in total. The van der Waals surface area contributed by atoms with Gasteiger partial charge in [0.2, 0.25) is 11.6 Å². The first kappa shape index (κ1) is 6.19. The van der Waals surface area contributed by atoms with Crippen molar-refractivity contribution in [1.82, 2.24) is 0 Å². The summed E-state index contributed by atoms with van der Waals surface area (Å²) < 4.78 is 39.7. The van der Waals surface area contributed by atoms with E-state index in [4.69, 9.17) is 0 Å². The van der Waals surface area contributed by atoms with Crippen LogP contribution in [0.3, 0.4) is 0 Å². The highest BCUT2D eigenvalue weighted by atomic mass is 19.2.